The van der Waals surface area contributed by atoms with Crippen molar-refractivity contribution in [3.05, 3.63) is 58.9 Å². The Morgan fingerprint density at radius 1 is 0.903 bits per heavy atom. The topological polar surface area (TPSA) is 64.7 Å². The zero-order chi connectivity index (χ0) is 22.5. The van der Waals surface area contributed by atoms with Crippen molar-refractivity contribution in [2.24, 2.45) is 0 Å². The van der Waals surface area contributed by atoms with Gasteiger partial charge in [0.05, 0.1) is 12.2 Å². The van der Waals surface area contributed by atoms with Crippen molar-refractivity contribution in [1.29, 1.82) is 0 Å². The Morgan fingerprint density at radius 2 is 1.61 bits per heavy atom. The van der Waals surface area contributed by atoms with E-state index in [2.05, 4.69) is 10.6 Å². The highest BCUT2D eigenvalue weighted by Gasteiger charge is 2.22. The average molecular weight is 434 g/mol. The summed E-state index contributed by atoms with van der Waals surface area (Å²) in [5, 5.41) is 5.23. The van der Waals surface area contributed by atoms with Gasteiger partial charge in [-0.1, -0.05) is 18.2 Å². The summed E-state index contributed by atoms with van der Waals surface area (Å²) in [7, 11) is 0. The standard InChI is InChI=1S/C22H25F3N4O2/c1-14-5-3-6-15(2)21(14)27-18(30)13-28-9-4-10-29(12-11-28)22(31)26-17-8-7-16(23)19(24)20(17)25/h3,5-8H,4,9-13H2,1-2H3,(H,26,31)(H,27,30). The Kier molecular flexibility index (Phi) is 7.17. The number of para-hydroxylation sites is 1. The van der Waals surface area contributed by atoms with Gasteiger partial charge in [0.1, 0.15) is 0 Å². The van der Waals surface area contributed by atoms with Crippen LogP contribution in [-0.4, -0.2) is 54.5 Å². The van der Waals surface area contributed by atoms with Crippen molar-refractivity contribution in [2.45, 2.75) is 20.3 Å². The molecule has 1 heterocycles. The first-order chi connectivity index (χ1) is 14.8. The largest absolute Gasteiger partial charge is 0.324 e. The Labute approximate surface area is 179 Å². The van der Waals surface area contributed by atoms with E-state index >= 15 is 0 Å². The number of hydrogen-bond acceptors (Lipinski definition) is 3. The van der Waals surface area contributed by atoms with Crippen molar-refractivity contribution < 1.29 is 22.8 Å². The van der Waals surface area contributed by atoms with Crippen LogP contribution in [0.1, 0.15) is 17.5 Å². The van der Waals surface area contributed by atoms with Crippen molar-refractivity contribution in [3.8, 4) is 0 Å². The number of hydrogen-bond donors (Lipinski definition) is 2. The normalized spacial score (nSPS) is 14.8. The number of anilines is 2. The van der Waals surface area contributed by atoms with Gasteiger partial charge in [0, 0.05) is 31.9 Å². The van der Waals surface area contributed by atoms with Gasteiger partial charge >= 0.3 is 6.03 Å². The van der Waals surface area contributed by atoms with Gasteiger partial charge in [0.2, 0.25) is 5.91 Å². The third-order valence-corrected chi connectivity index (χ3v) is 5.27. The first kappa shape index (κ1) is 22.6. The summed E-state index contributed by atoms with van der Waals surface area (Å²) in [6.07, 6.45) is 0.615. The maximum Gasteiger partial charge on any atom is 0.321 e. The number of benzene rings is 2. The van der Waals surface area contributed by atoms with Gasteiger partial charge in [-0.3, -0.25) is 9.69 Å². The molecule has 2 N–H and O–H groups in total. The summed E-state index contributed by atoms with van der Waals surface area (Å²) >= 11 is 0. The number of amides is 3. The Bertz CT molecular complexity index is 963. The van der Waals surface area contributed by atoms with E-state index in [1.165, 1.54) is 4.90 Å². The second-order valence-corrected chi connectivity index (χ2v) is 7.58. The fourth-order valence-corrected chi connectivity index (χ4v) is 3.54. The van der Waals surface area contributed by atoms with E-state index in [4.69, 9.17) is 0 Å². The van der Waals surface area contributed by atoms with Crippen molar-refractivity contribution in [3.63, 3.8) is 0 Å². The highest BCUT2D eigenvalue weighted by atomic mass is 19.2. The summed E-state index contributed by atoms with van der Waals surface area (Å²) in [5.74, 6) is -4.53. The maximum atomic E-state index is 13.8. The van der Waals surface area contributed by atoms with Gasteiger partial charge < -0.3 is 15.5 Å². The molecule has 2 aromatic carbocycles. The van der Waals surface area contributed by atoms with Crippen LogP contribution in [0.4, 0.5) is 29.3 Å². The van der Waals surface area contributed by atoms with Gasteiger partial charge in [-0.15, -0.1) is 0 Å². The monoisotopic (exact) mass is 434 g/mol. The number of aryl methyl sites for hydroxylation is 2. The van der Waals surface area contributed by atoms with Gasteiger partial charge in [0.15, 0.2) is 17.5 Å². The van der Waals surface area contributed by atoms with Crippen LogP contribution in [-0.2, 0) is 4.79 Å². The summed E-state index contributed by atoms with van der Waals surface area (Å²) in [4.78, 5) is 28.3. The summed E-state index contributed by atoms with van der Waals surface area (Å²) in [6, 6.07) is 6.93. The Balaban J connectivity index is 1.55. The third-order valence-electron chi connectivity index (χ3n) is 5.27. The van der Waals surface area contributed by atoms with Crippen LogP contribution in [0.15, 0.2) is 30.3 Å². The molecule has 0 aromatic heterocycles. The second-order valence-electron chi connectivity index (χ2n) is 7.58. The van der Waals surface area contributed by atoms with Crippen LogP contribution in [0, 0.1) is 31.3 Å². The number of carbonyl (C=O) groups excluding carboxylic acids is 2. The van der Waals surface area contributed by atoms with Crippen LogP contribution in [0.2, 0.25) is 0 Å². The Hall–Kier alpha value is -3.07. The molecule has 0 unspecified atom stereocenters. The minimum absolute atomic E-state index is 0.140. The molecule has 1 saturated heterocycles. The first-order valence-corrected chi connectivity index (χ1v) is 10.0. The van der Waals surface area contributed by atoms with E-state index in [1.807, 2.05) is 36.9 Å². The molecule has 0 saturated carbocycles. The predicted molar refractivity (Wildman–Crippen MR) is 113 cm³/mol. The number of nitrogens with one attached hydrogen (secondary N) is 2. The molecule has 0 bridgehead atoms. The molecule has 31 heavy (non-hydrogen) atoms. The highest BCUT2D eigenvalue weighted by Crippen LogP contribution is 2.21. The van der Waals surface area contributed by atoms with E-state index in [9.17, 15) is 22.8 Å². The lowest BCUT2D eigenvalue weighted by molar-refractivity contribution is -0.117. The minimum atomic E-state index is -1.63. The molecule has 1 aliphatic rings. The molecular weight excluding hydrogens is 409 g/mol. The molecule has 0 spiro atoms. The number of urea groups is 1. The fraction of sp³-hybridized carbons (Fsp3) is 0.364. The van der Waals surface area contributed by atoms with E-state index in [-0.39, 0.29) is 12.5 Å². The molecule has 6 nitrogen and oxygen atoms in total. The van der Waals surface area contributed by atoms with Crippen LogP contribution in [0.25, 0.3) is 0 Å². The molecular formula is C22H25F3N4O2. The van der Waals surface area contributed by atoms with Crippen LogP contribution in [0.5, 0.6) is 0 Å². The minimum Gasteiger partial charge on any atom is -0.324 e. The fourth-order valence-electron chi connectivity index (χ4n) is 3.54. The molecule has 1 fully saturated rings. The van der Waals surface area contributed by atoms with Gasteiger partial charge in [-0.05, 0) is 43.5 Å². The lowest BCUT2D eigenvalue weighted by Gasteiger charge is -2.22. The second kappa shape index (κ2) is 9.82. The smallest absolute Gasteiger partial charge is 0.321 e. The number of rotatable bonds is 4. The average Bonchev–Trinajstić information content (AvgIpc) is 2.97. The molecule has 0 radical (unpaired) electrons. The molecule has 3 amide bonds. The first-order valence-electron chi connectivity index (χ1n) is 10.0. The zero-order valence-corrected chi connectivity index (χ0v) is 17.5. The van der Waals surface area contributed by atoms with Gasteiger partial charge in [-0.25, -0.2) is 18.0 Å². The number of carbonyl (C=O) groups is 2. The number of halogens is 3. The zero-order valence-electron chi connectivity index (χ0n) is 17.5. The van der Waals surface area contributed by atoms with Crippen LogP contribution < -0.4 is 10.6 Å². The van der Waals surface area contributed by atoms with Gasteiger partial charge in [-0.2, -0.15) is 0 Å². The quantitative estimate of drug-likeness (QED) is 0.718. The highest BCUT2D eigenvalue weighted by molar-refractivity contribution is 5.93. The van der Waals surface area contributed by atoms with Crippen LogP contribution >= 0.6 is 0 Å². The van der Waals surface area contributed by atoms with Gasteiger partial charge in [0.25, 0.3) is 0 Å². The molecule has 3 rings (SSSR count). The molecule has 2 aromatic rings. The van der Waals surface area contributed by atoms with E-state index in [1.54, 1.807) is 0 Å². The van der Waals surface area contributed by atoms with Crippen molar-refractivity contribution in [1.82, 2.24) is 9.80 Å². The summed E-state index contributed by atoms with van der Waals surface area (Å²) in [5.41, 5.74) is 2.35. The lowest BCUT2D eigenvalue weighted by Crippen LogP contribution is -2.39. The number of nitrogens with zero attached hydrogens (tertiary/aromatic N) is 2. The lowest BCUT2D eigenvalue weighted by atomic mass is 10.1. The maximum absolute atomic E-state index is 13.8. The summed E-state index contributed by atoms with van der Waals surface area (Å²) < 4.78 is 40.2. The Morgan fingerprint density at radius 3 is 2.32 bits per heavy atom. The molecule has 166 valence electrons. The van der Waals surface area contributed by atoms with Crippen molar-refractivity contribution in [2.75, 3.05) is 43.4 Å². The molecule has 0 atom stereocenters. The van der Waals surface area contributed by atoms with E-state index < -0.39 is 29.2 Å². The van der Waals surface area contributed by atoms with Crippen LogP contribution in [0.3, 0.4) is 0 Å². The SMILES string of the molecule is Cc1cccc(C)c1NC(=O)CN1CCCN(C(=O)Nc2ccc(F)c(F)c2F)CC1. The predicted octanol–water partition coefficient (Wildman–Crippen LogP) is 3.90. The molecule has 9 heteroatoms. The van der Waals surface area contributed by atoms with Crippen molar-refractivity contribution >= 4 is 23.3 Å². The third kappa shape index (κ3) is 5.55. The molecule has 0 aliphatic carbocycles. The summed E-state index contributed by atoms with van der Waals surface area (Å²) in [6.45, 7) is 5.82. The molecule has 1 aliphatic heterocycles. The van der Waals surface area contributed by atoms with E-state index in [0.29, 0.717) is 32.6 Å². The van der Waals surface area contributed by atoms with E-state index in [0.717, 1.165) is 28.9 Å².